The molecule has 0 N–H and O–H groups in total. The van der Waals surface area contributed by atoms with Crippen molar-refractivity contribution >= 4 is 17.3 Å². The predicted molar refractivity (Wildman–Crippen MR) is 94.5 cm³/mol. The Morgan fingerprint density at radius 2 is 1.86 bits per heavy atom. The number of rotatable bonds is 1. The van der Waals surface area contributed by atoms with Gasteiger partial charge in [0.2, 0.25) is 5.69 Å². The molecule has 0 radical (unpaired) electrons. The molecule has 0 saturated heterocycles. The van der Waals surface area contributed by atoms with E-state index in [1.54, 1.807) is 11.8 Å². The number of pyridine rings is 1. The van der Waals surface area contributed by atoms with E-state index in [9.17, 15) is 0 Å². The van der Waals surface area contributed by atoms with Crippen LogP contribution in [-0.4, -0.2) is 0 Å². The van der Waals surface area contributed by atoms with E-state index in [-0.39, 0.29) is 0 Å². The van der Waals surface area contributed by atoms with Crippen LogP contribution < -0.4 is 4.57 Å². The van der Waals surface area contributed by atoms with Gasteiger partial charge in [0, 0.05) is 21.9 Å². The molecule has 0 bridgehead atoms. The zero-order valence-electron chi connectivity index (χ0n) is 13.0. The van der Waals surface area contributed by atoms with Crippen LogP contribution in [0.25, 0.3) is 5.57 Å². The number of fused-ring (bicyclic) bond motifs is 1. The van der Waals surface area contributed by atoms with E-state index in [0.717, 1.165) is 11.3 Å². The van der Waals surface area contributed by atoms with Gasteiger partial charge in [-0.05, 0) is 36.6 Å². The van der Waals surface area contributed by atoms with Crippen molar-refractivity contribution in [2.24, 2.45) is 7.05 Å². The second-order valence-corrected chi connectivity index (χ2v) is 6.63. The highest BCUT2D eigenvalue weighted by Crippen LogP contribution is 2.39. The molecule has 0 unspecified atom stereocenters. The van der Waals surface area contributed by atoms with E-state index < -0.39 is 0 Å². The van der Waals surface area contributed by atoms with E-state index in [1.807, 2.05) is 0 Å². The fraction of sp³-hybridized carbons (Fsp3) is 0.150. The maximum absolute atomic E-state index is 4.36. The van der Waals surface area contributed by atoms with Gasteiger partial charge >= 0.3 is 0 Å². The molecular weight excluding hydrogens is 286 g/mol. The van der Waals surface area contributed by atoms with Gasteiger partial charge in [0.1, 0.15) is 7.05 Å². The highest BCUT2D eigenvalue weighted by molar-refractivity contribution is 8.03. The molecule has 110 valence electrons. The maximum Gasteiger partial charge on any atom is 0.213 e. The summed E-state index contributed by atoms with van der Waals surface area (Å²) in [7, 11) is 2.08. The largest absolute Gasteiger partial charge is 0.213 e. The molecule has 0 spiro atoms. The van der Waals surface area contributed by atoms with Crippen LogP contribution >= 0.6 is 11.8 Å². The Hall–Kier alpha value is -2.06. The van der Waals surface area contributed by atoms with Crippen LogP contribution in [0, 0.1) is 0 Å². The smallest absolute Gasteiger partial charge is 0.201 e. The summed E-state index contributed by atoms with van der Waals surface area (Å²) in [6, 6.07) is 14.9. The number of thioether (sulfide) groups is 1. The molecule has 0 saturated carbocycles. The van der Waals surface area contributed by atoms with E-state index in [2.05, 4.69) is 85.9 Å². The Morgan fingerprint density at radius 1 is 1.09 bits per heavy atom. The number of allylic oxidation sites excluding steroid dienone is 4. The van der Waals surface area contributed by atoms with Crippen LogP contribution in [0.5, 0.6) is 0 Å². The SMILES string of the molecule is C=C1Sc2ccccc2C/C=C\C(C)=C/1c1cccc[n+]1C. The fourth-order valence-corrected chi connectivity index (χ4v) is 3.81. The third-order valence-corrected chi connectivity index (χ3v) is 4.96. The average Bonchev–Trinajstić information content (AvgIpc) is 2.56. The molecule has 0 fully saturated rings. The standard InChI is InChI=1S/C20H20NS/c1-15-9-8-11-17-10-4-5-13-19(17)22-16(2)20(15)18-12-6-7-14-21(18)3/h4-10,12-14H,2,11H2,1,3H3/q+1/b9-8-,20-15+. The van der Waals surface area contributed by atoms with Gasteiger partial charge in [-0.25, -0.2) is 4.57 Å². The van der Waals surface area contributed by atoms with Crippen molar-refractivity contribution < 1.29 is 4.57 Å². The van der Waals surface area contributed by atoms with Gasteiger partial charge in [0.15, 0.2) is 6.20 Å². The molecule has 0 aliphatic carbocycles. The number of benzene rings is 1. The van der Waals surface area contributed by atoms with Crippen molar-refractivity contribution in [2.75, 3.05) is 0 Å². The zero-order valence-corrected chi connectivity index (χ0v) is 13.9. The Morgan fingerprint density at radius 3 is 2.68 bits per heavy atom. The topological polar surface area (TPSA) is 3.88 Å². The first kappa shape index (κ1) is 14.9. The van der Waals surface area contributed by atoms with Crippen LogP contribution in [0.1, 0.15) is 18.2 Å². The van der Waals surface area contributed by atoms with Crippen molar-refractivity contribution in [3.05, 3.63) is 89.1 Å². The average molecular weight is 306 g/mol. The fourth-order valence-electron chi connectivity index (χ4n) is 2.75. The number of nitrogens with zero attached hydrogens (tertiary/aromatic N) is 1. The Bertz CT molecular complexity index is 784. The molecule has 1 aliphatic heterocycles. The monoisotopic (exact) mass is 306 g/mol. The van der Waals surface area contributed by atoms with Gasteiger partial charge in [0.05, 0.1) is 5.57 Å². The number of hydrogen-bond donors (Lipinski definition) is 0. The summed E-state index contributed by atoms with van der Waals surface area (Å²) in [5.74, 6) is 0. The minimum absolute atomic E-state index is 0.960. The first-order valence-corrected chi connectivity index (χ1v) is 8.26. The van der Waals surface area contributed by atoms with Crippen LogP contribution in [-0.2, 0) is 13.5 Å². The van der Waals surface area contributed by atoms with E-state index in [0.29, 0.717) is 0 Å². The third-order valence-electron chi connectivity index (χ3n) is 3.90. The predicted octanol–water partition coefficient (Wildman–Crippen LogP) is 4.70. The van der Waals surface area contributed by atoms with Crippen molar-refractivity contribution in [3.8, 4) is 0 Å². The Balaban J connectivity index is 2.12. The van der Waals surface area contributed by atoms with E-state index in [4.69, 9.17) is 0 Å². The normalized spacial score (nSPS) is 19.8. The minimum Gasteiger partial charge on any atom is -0.201 e. The van der Waals surface area contributed by atoms with Gasteiger partial charge in [-0.15, -0.1) is 0 Å². The molecule has 22 heavy (non-hydrogen) atoms. The highest BCUT2D eigenvalue weighted by atomic mass is 32.2. The molecule has 2 heterocycles. The first-order chi connectivity index (χ1) is 10.7. The zero-order chi connectivity index (χ0) is 15.5. The first-order valence-electron chi connectivity index (χ1n) is 7.44. The van der Waals surface area contributed by atoms with Gasteiger partial charge in [-0.1, -0.05) is 48.7 Å². The van der Waals surface area contributed by atoms with Crippen LogP contribution in [0.2, 0.25) is 0 Å². The third kappa shape index (κ3) is 2.93. The minimum atomic E-state index is 0.960. The lowest BCUT2D eigenvalue weighted by Gasteiger charge is -2.12. The molecule has 1 nitrogen and oxygen atoms in total. The summed E-state index contributed by atoms with van der Waals surface area (Å²) < 4.78 is 2.15. The summed E-state index contributed by atoms with van der Waals surface area (Å²) in [6.45, 7) is 6.53. The van der Waals surface area contributed by atoms with E-state index in [1.165, 1.54) is 27.3 Å². The number of hydrogen-bond acceptors (Lipinski definition) is 1. The quantitative estimate of drug-likeness (QED) is 0.691. The Labute approximate surface area is 136 Å². The van der Waals surface area contributed by atoms with Crippen molar-refractivity contribution in [2.45, 2.75) is 18.2 Å². The molecule has 0 amide bonds. The molecular formula is C20H20NS+. The van der Waals surface area contributed by atoms with Gasteiger partial charge in [-0.3, -0.25) is 0 Å². The summed E-state index contributed by atoms with van der Waals surface area (Å²) in [5, 5.41) is 0. The molecule has 2 heteroatoms. The van der Waals surface area contributed by atoms with Crippen LogP contribution in [0.15, 0.2) is 82.8 Å². The lowest BCUT2D eigenvalue weighted by molar-refractivity contribution is -0.673. The molecule has 2 aromatic rings. The summed E-state index contributed by atoms with van der Waals surface area (Å²) in [4.78, 5) is 2.39. The van der Waals surface area contributed by atoms with Gasteiger partial charge < -0.3 is 0 Å². The lowest BCUT2D eigenvalue weighted by Crippen LogP contribution is -2.32. The summed E-state index contributed by atoms with van der Waals surface area (Å²) >= 11 is 1.77. The lowest BCUT2D eigenvalue weighted by atomic mass is 10.0. The van der Waals surface area contributed by atoms with Crippen LogP contribution in [0.4, 0.5) is 0 Å². The highest BCUT2D eigenvalue weighted by Gasteiger charge is 2.19. The van der Waals surface area contributed by atoms with Gasteiger partial charge in [-0.2, -0.15) is 0 Å². The Kier molecular flexibility index (Phi) is 4.30. The second-order valence-electron chi connectivity index (χ2n) is 5.49. The van der Waals surface area contributed by atoms with Crippen molar-refractivity contribution in [3.63, 3.8) is 0 Å². The second kappa shape index (κ2) is 6.37. The summed E-state index contributed by atoms with van der Waals surface area (Å²) in [6.07, 6.45) is 7.51. The molecule has 1 aliphatic rings. The van der Waals surface area contributed by atoms with Gasteiger partial charge in [0.25, 0.3) is 0 Å². The summed E-state index contributed by atoms with van der Waals surface area (Å²) in [5.41, 5.74) is 5.03. The number of aromatic nitrogens is 1. The van der Waals surface area contributed by atoms with Crippen molar-refractivity contribution in [1.29, 1.82) is 0 Å². The van der Waals surface area contributed by atoms with Crippen molar-refractivity contribution in [1.82, 2.24) is 0 Å². The van der Waals surface area contributed by atoms with E-state index >= 15 is 0 Å². The molecule has 0 atom stereocenters. The van der Waals surface area contributed by atoms with Crippen LogP contribution in [0.3, 0.4) is 0 Å². The molecule has 1 aromatic heterocycles. The molecule has 3 rings (SSSR count). The number of aryl methyl sites for hydroxylation is 1. The molecule has 1 aromatic carbocycles. The maximum atomic E-state index is 4.36.